The van der Waals surface area contributed by atoms with E-state index in [2.05, 4.69) is 27.4 Å². The van der Waals surface area contributed by atoms with Gasteiger partial charge in [-0.1, -0.05) is 6.92 Å². The third-order valence-electron chi connectivity index (χ3n) is 5.18. The topological polar surface area (TPSA) is 69.2 Å². The van der Waals surface area contributed by atoms with Crippen LogP contribution in [0.5, 0.6) is 0 Å². The van der Waals surface area contributed by atoms with Gasteiger partial charge < -0.3 is 25.2 Å². The largest absolute Gasteiger partial charge is 0.450 e. The first-order valence-electron chi connectivity index (χ1n) is 9.73. The fourth-order valence-corrected chi connectivity index (χ4v) is 3.43. The highest BCUT2D eigenvalue weighted by Crippen LogP contribution is 2.15. The second kappa shape index (κ2) is 10.5. The molecule has 0 aromatic carbocycles. The molecule has 25 heavy (non-hydrogen) atoms. The standard InChI is InChI=1S/C18H35N5O2/c1-4-25-18(24)23-12-7-16(8-13-23)21-17(19-3)20-9-14-22-10-5-15(2)6-11-22/h15-16H,4-14H2,1-3H3,(H2,19,20,21). The fourth-order valence-electron chi connectivity index (χ4n) is 3.43. The lowest BCUT2D eigenvalue weighted by Crippen LogP contribution is -2.50. The van der Waals surface area contributed by atoms with E-state index >= 15 is 0 Å². The number of piperidine rings is 2. The molecule has 2 N–H and O–H groups in total. The van der Waals surface area contributed by atoms with Crippen LogP contribution in [0.3, 0.4) is 0 Å². The van der Waals surface area contributed by atoms with E-state index in [1.165, 1.54) is 25.9 Å². The molecule has 2 saturated heterocycles. The monoisotopic (exact) mass is 353 g/mol. The first kappa shape index (κ1) is 19.8. The SMILES string of the molecule is CCOC(=O)N1CCC(NC(=NC)NCCN2CCC(C)CC2)CC1. The van der Waals surface area contributed by atoms with Gasteiger partial charge in [-0.2, -0.15) is 0 Å². The zero-order valence-corrected chi connectivity index (χ0v) is 16.1. The van der Waals surface area contributed by atoms with Gasteiger partial charge in [0.05, 0.1) is 6.61 Å². The fraction of sp³-hybridized carbons (Fsp3) is 0.889. The van der Waals surface area contributed by atoms with Gasteiger partial charge in [-0.3, -0.25) is 4.99 Å². The third kappa shape index (κ3) is 6.72. The molecule has 7 heteroatoms. The Bertz CT molecular complexity index is 427. The highest BCUT2D eigenvalue weighted by Gasteiger charge is 2.24. The maximum Gasteiger partial charge on any atom is 0.409 e. The molecule has 2 heterocycles. The summed E-state index contributed by atoms with van der Waals surface area (Å²) in [5, 5.41) is 6.90. The number of carbonyl (C=O) groups excluding carboxylic acids is 1. The zero-order valence-electron chi connectivity index (χ0n) is 16.1. The predicted molar refractivity (Wildman–Crippen MR) is 101 cm³/mol. The highest BCUT2D eigenvalue weighted by atomic mass is 16.6. The number of hydrogen-bond donors (Lipinski definition) is 2. The highest BCUT2D eigenvalue weighted by molar-refractivity contribution is 5.80. The number of carbonyl (C=O) groups is 1. The number of nitrogens with zero attached hydrogens (tertiary/aromatic N) is 3. The Balaban J connectivity index is 1.63. The van der Waals surface area contributed by atoms with Crippen LogP contribution in [-0.4, -0.2) is 80.8 Å². The van der Waals surface area contributed by atoms with Crippen molar-refractivity contribution in [3.8, 4) is 0 Å². The molecule has 7 nitrogen and oxygen atoms in total. The number of rotatable bonds is 5. The van der Waals surface area contributed by atoms with Crippen molar-refractivity contribution in [1.29, 1.82) is 0 Å². The minimum atomic E-state index is -0.195. The molecular weight excluding hydrogens is 318 g/mol. The number of nitrogens with one attached hydrogen (secondary N) is 2. The molecule has 0 radical (unpaired) electrons. The van der Waals surface area contributed by atoms with E-state index in [0.29, 0.717) is 12.6 Å². The molecule has 0 aromatic rings. The quantitative estimate of drug-likeness (QED) is 0.579. The molecule has 1 amide bonds. The smallest absolute Gasteiger partial charge is 0.409 e. The maximum atomic E-state index is 11.7. The van der Waals surface area contributed by atoms with Gasteiger partial charge in [-0.15, -0.1) is 0 Å². The Kier molecular flexibility index (Phi) is 8.31. The molecule has 2 fully saturated rings. The summed E-state index contributed by atoms with van der Waals surface area (Å²) in [7, 11) is 1.81. The lowest BCUT2D eigenvalue weighted by molar-refractivity contribution is 0.0963. The minimum absolute atomic E-state index is 0.195. The molecule has 0 atom stereocenters. The van der Waals surface area contributed by atoms with E-state index in [1.807, 2.05) is 14.0 Å². The Morgan fingerprint density at radius 3 is 2.44 bits per heavy atom. The van der Waals surface area contributed by atoms with Crippen LogP contribution in [0.15, 0.2) is 4.99 Å². The molecule has 0 unspecified atom stereocenters. The number of ether oxygens (including phenoxy) is 1. The molecule has 0 aromatic heterocycles. The van der Waals surface area contributed by atoms with Crippen LogP contribution in [0.25, 0.3) is 0 Å². The van der Waals surface area contributed by atoms with Gasteiger partial charge in [0.1, 0.15) is 0 Å². The summed E-state index contributed by atoms with van der Waals surface area (Å²) in [5.74, 6) is 1.74. The van der Waals surface area contributed by atoms with Crippen molar-refractivity contribution in [2.45, 2.75) is 45.6 Å². The van der Waals surface area contributed by atoms with Crippen LogP contribution in [0.4, 0.5) is 4.79 Å². The van der Waals surface area contributed by atoms with Gasteiger partial charge in [-0.25, -0.2) is 4.79 Å². The first-order valence-corrected chi connectivity index (χ1v) is 9.73. The minimum Gasteiger partial charge on any atom is -0.450 e. The average Bonchev–Trinajstić information content (AvgIpc) is 2.63. The summed E-state index contributed by atoms with van der Waals surface area (Å²) in [6.45, 7) is 10.5. The van der Waals surface area contributed by atoms with Crippen molar-refractivity contribution in [3.05, 3.63) is 0 Å². The molecular formula is C18H35N5O2. The number of aliphatic imine (C=N–C) groups is 1. The van der Waals surface area contributed by atoms with E-state index in [9.17, 15) is 4.79 Å². The Hall–Kier alpha value is -1.50. The third-order valence-corrected chi connectivity index (χ3v) is 5.18. The summed E-state index contributed by atoms with van der Waals surface area (Å²) in [5.41, 5.74) is 0. The summed E-state index contributed by atoms with van der Waals surface area (Å²) < 4.78 is 5.06. The van der Waals surface area contributed by atoms with E-state index in [0.717, 1.165) is 50.9 Å². The van der Waals surface area contributed by atoms with Gasteiger partial charge >= 0.3 is 6.09 Å². The summed E-state index contributed by atoms with van der Waals surface area (Å²) in [6, 6.07) is 0.354. The zero-order chi connectivity index (χ0) is 18.1. The maximum absolute atomic E-state index is 11.7. The Labute approximate surface area is 152 Å². The molecule has 2 rings (SSSR count). The number of likely N-dealkylation sites (tertiary alicyclic amines) is 2. The average molecular weight is 354 g/mol. The van der Waals surface area contributed by atoms with Crippen molar-refractivity contribution >= 4 is 12.1 Å². The van der Waals surface area contributed by atoms with E-state index in [1.54, 1.807) is 4.90 Å². The summed E-state index contributed by atoms with van der Waals surface area (Å²) in [6.07, 6.45) is 4.27. The lowest BCUT2D eigenvalue weighted by Gasteiger charge is -2.33. The molecule has 2 aliphatic heterocycles. The van der Waals surface area contributed by atoms with Gasteiger partial charge in [0, 0.05) is 39.3 Å². The second-order valence-corrected chi connectivity index (χ2v) is 7.13. The van der Waals surface area contributed by atoms with Crippen molar-refractivity contribution in [2.75, 3.05) is 52.9 Å². The Morgan fingerprint density at radius 1 is 1.16 bits per heavy atom. The van der Waals surface area contributed by atoms with Gasteiger partial charge in [0.2, 0.25) is 0 Å². The predicted octanol–water partition coefficient (Wildman–Crippen LogP) is 1.50. The number of guanidine groups is 1. The molecule has 0 bridgehead atoms. The van der Waals surface area contributed by atoms with Crippen molar-refractivity contribution in [2.24, 2.45) is 10.9 Å². The number of hydrogen-bond acceptors (Lipinski definition) is 4. The van der Waals surface area contributed by atoms with Crippen LogP contribution in [-0.2, 0) is 4.74 Å². The van der Waals surface area contributed by atoms with E-state index < -0.39 is 0 Å². The molecule has 2 aliphatic rings. The van der Waals surface area contributed by atoms with E-state index in [4.69, 9.17) is 4.74 Å². The van der Waals surface area contributed by atoms with Crippen LogP contribution in [0, 0.1) is 5.92 Å². The van der Waals surface area contributed by atoms with E-state index in [-0.39, 0.29) is 6.09 Å². The van der Waals surface area contributed by atoms with Gasteiger partial charge in [-0.05, 0) is 51.6 Å². The molecule has 0 saturated carbocycles. The normalized spacial score (nSPS) is 21.2. The molecule has 0 aliphatic carbocycles. The van der Waals surface area contributed by atoms with Crippen LogP contribution >= 0.6 is 0 Å². The van der Waals surface area contributed by atoms with Crippen LogP contribution in [0.2, 0.25) is 0 Å². The second-order valence-electron chi connectivity index (χ2n) is 7.13. The van der Waals surface area contributed by atoms with Gasteiger partial charge in [0.25, 0.3) is 0 Å². The van der Waals surface area contributed by atoms with Crippen LogP contribution < -0.4 is 10.6 Å². The first-order chi connectivity index (χ1) is 12.1. The Morgan fingerprint density at radius 2 is 1.84 bits per heavy atom. The van der Waals surface area contributed by atoms with Crippen LogP contribution in [0.1, 0.15) is 39.5 Å². The van der Waals surface area contributed by atoms with Crippen molar-refractivity contribution < 1.29 is 9.53 Å². The molecule has 0 spiro atoms. The number of amides is 1. The summed E-state index contributed by atoms with van der Waals surface area (Å²) >= 11 is 0. The lowest BCUT2D eigenvalue weighted by atomic mass is 9.99. The summed E-state index contributed by atoms with van der Waals surface area (Å²) in [4.78, 5) is 20.4. The van der Waals surface area contributed by atoms with Crippen molar-refractivity contribution in [3.63, 3.8) is 0 Å². The van der Waals surface area contributed by atoms with Gasteiger partial charge in [0.15, 0.2) is 5.96 Å². The van der Waals surface area contributed by atoms with Crippen molar-refractivity contribution in [1.82, 2.24) is 20.4 Å². The molecule has 144 valence electrons.